The number of amides is 1. The van der Waals surface area contributed by atoms with Gasteiger partial charge in [0.2, 0.25) is 12.7 Å². The van der Waals surface area contributed by atoms with E-state index in [2.05, 4.69) is 10.9 Å². The van der Waals surface area contributed by atoms with Gasteiger partial charge in [-0.2, -0.15) is 4.99 Å². The number of rotatable bonds is 6. The van der Waals surface area contributed by atoms with E-state index in [9.17, 15) is 13.2 Å². The van der Waals surface area contributed by atoms with Crippen LogP contribution < -0.4 is 14.3 Å². The van der Waals surface area contributed by atoms with Gasteiger partial charge in [-0.25, -0.2) is 8.42 Å². The van der Waals surface area contributed by atoms with Gasteiger partial charge in [-0.1, -0.05) is 35.0 Å². The highest BCUT2D eigenvalue weighted by atomic mass is 32.2. The summed E-state index contributed by atoms with van der Waals surface area (Å²) in [5, 5.41) is 0. The lowest BCUT2D eigenvalue weighted by Gasteiger charge is -2.04. The normalized spacial score (nSPS) is 13.5. The van der Waals surface area contributed by atoms with Crippen molar-refractivity contribution in [2.45, 2.75) is 31.2 Å². The van der Waals surface area contributed by atoms with Crippen LogP contribution >= 0.6 is 11.3 Å². The number of carbonyl (C=O) groups excluding carboxylic acids is 1. The fraction of sp³-hybridized carbons (Fsp3) is 0.273. The Morgan fingerprint density at radius 2 is 1.94 bits per heavy atom. The van der Waals surface area contributed by atoms with E-state index in [-0.39, 0.29) is 36.8 Å². The molecule has 0 radical (unpaired) electrons. The molecule has 0 bridgehead atoms. The lowest BCUT2D eigenvalue weighted by atomic mass is 10.2. The maximum absolute atomic E-state index is 12.4. The molecule has 0 fully saturated rings. The average molecular weight is 457 g/mol. The molecule has 2 heterocycles. The molecule has 4 rings (SSSR count). The molecule has 1 aliphatic heterocycles. The number of hydrogen-bond acceptors (Lipinski definition) is 6. The summed E-state index contributed by atoms with van der Waals surface area (Å²) >= 11 is 1.32. The van der Waals surface area contributed by atoms with E-state index in [1.54, 1.807) is 28.8 Å². The van der Waals surface area contributed by atoms with Crippen LogP contribution in [0.4, 0.5) is 0 Å². The number of terminal acetylenes is 1. The number of aryl methyl sites for hydroxylation is 1. The van der Waals surface area contributed by atoms with Gasteiger partial charge in [0, 0.05) is 18.6 Å². The standard InChI is InChI=1S/C22H20N2O5S2/c1-3-10-24-17-12-18-19(29-14-28-18)13-20(17)30-22(24)23-21(25)5-4-11-31(26,27)16-8-6-15(2)7-9-16/h1,6-9,12-13H,4-5,10-11,14H2,2H3. The zero-order chi connectivity index (χ0) is 22.0. The molecule has 2 aromatic carbocycles. The summed E-state index contributed by atoms with van der Waals surface area (Å²) in [6.45, 7) is 2.31. The van der Waals surface area contributed by atoms with Crippen molar-refractivity contribution in [2.75, 3.05) is 12.5 Å². The van der Waals surface area contributed by atoms with Gasteiger partial charge in [0.15, 0.2) is 26.1 Å². The zero-order valence-electron chi connectivity index (χ0n) is 16.8. The SMILES string of the molecule is C#CCn1c(=NC(=O)CCCS(=O)(=O)c2ccc(C)cc2)sc2cc3c(cc21)OCO3. The minimum absolute atomic E-state index is 0.0259. The molecule has 3 aromatic rings. The zero-order valence-corrected chi connectivity index (χ0v) is 18.5. The first-order valence-electron chi connectivity index (χ1n) is 9.61. The number of carbonyl (C=O) groups is 1. The van der Waals surface area contributed by atoms with E-state index in [0.29, 0.717) is 16.3 Å². The molecular formula is C22H20N2O5S2. The Morgan fingerprint density at radius 3 is 2.65 bits per heavy atom. The highest BCUT2D eigenvalue weighted by Crippen LogP contribution is 2.36. The summed E-state index contributed by atoms with van der Waals surface area (Å²) in [5.41, 5.74) is 1.79. The van der Waals surface area contributed by atoms with E-state index in [4.69, 9.17) is 15.9 Å². The summed E-state index contributed by atoms with van der Waals surface area (Å²) in [6.07, 6.45) is 5.72. The van der Waals surface area contributed by atoms with Crippen molar-refractivity contribution in [1.29, 1.82) is 0 Å². The maximum Gasteiger partial charge on any atom is 0.248 e. The molecule has 1 aromatic heterocycles. The molecule has 0 N–H and O–H groups in total. The fourth-order valence-corrected chi connectivity index (χ4v) is 5.60. The third-order valence-corrected chi connectivity index (χ3v) is 7.69. The Labute approximate surface area is 183 Å². The Kier molecular flexibility index (Phi) is 5.85. The first-order chi connectivity index (χ1) is 14.9. The Bertz CT molecular complexity index is 1360. The molecule has 31 heavy (non-hydrogen) atoms. The average Bonchev–Trinajstić information content (AvgIpc) is 3.31. The number of fused-ring (bicyclic) bond motifs is 2. The number of hydrogen-bond donors (Lipinski definition) is 0. The van der Waals surface area contributed by atoms with E-state index in [0.717, 1.165) is 15.8 Å². The van der Waals surface area contributed by atoms with Crippen LogP contribution in [-0.4, -0.2) is 31.4 Å². The molecule has 0 spiro atoms. The summed E-state index contributed by atoms with van der Waals surface area (Å²) in [4.78, 5) is 17.4. The predicted molar refractivity (Wildman–Crippen MR) is 118 cm³/mol. The van der Waals surface area contributed by atoms with Gasteiger partial charge < -0.3 is 14.0 Å². The van der Waals surface area contributed by atoms with E-state index in [1.807, 2.05) is 19.1 Å². The second kappa shape index (κ2) is 8.57. The minimum Gasteiger partial charge on any atom is -0.454 e. The molecule has 0 saturated heterocycles. The van der Waals surface area contributed by atoms with E-state index >= 15 is 0 Å². The summed E-state index contributed by atoms with van der Waals surface area (Å²) in [5.74, 6) is 3.33. The monoisotopic (exact) mass is 456 g/mol. The largest absolute Gasteiger partial charge is 0.454 e. The third-order valence-electron chi connectivity index (χ3n) is 4.83. The fourth-order valence-electron chi connectivity index (χ4n) is 3.23. The Morgan fingerprint density at radius 1 is 1.23 bits per heavy atom. The molecule has 7 nitrogen and oxygen atoms in total. The lowest BCUT2D eigenvalue weighted by Crippen LogP contribution is -2.17. The molecule has 1 aliphatic rings. The molecule has 0 atom stereocenters. The Hall–Kier alpha value is -3.09. The molecule has 160 valence electrons. The van der Waals surface area contributed by atoms with Crippen LogP contribution in [0.25, 0.3) is 10.2 Å². The maximum atomic E-state index is 12.4. The number of aromatic nitrogens is 1. The lowest BCUT2D eigenvalue weighted by molar-refractivity contribution is -0.118. The summed E-state index contributed by atoms with van der Waals surface area (Å²) < 4.78 is 38.4. The predicted octanol–water partition coefficient (Wildman–Crippen LogP) is 3.05. The van der Waals surface area contributed by atoms with Crippen molar-refractivity contribution in [3.05, 3.63) is 46.8 Å². The van der Waals surface area contributed by atoms with Crippen LogP contribution in [0.5, 0.6) is 11.5 Å². The summed E-state index contributed by atoms with van der Waals surface area (Å²) in [6, 6.07) is 10.3. The van der Waals surface area contributed by atoms with Crippen molar-refractivity contribution in [2.24, 2.45) is 4.99 Å². The molecule has 0 unspecified atom stereocenters. The van der Waals surface area contributed by atoms with Crippen molar-refractivity contribution >= 4 is 37.3 Å². The van der Waals surface area contributed by atoms with Crippen molar-refractivity contribution < 1.29 is 22.7 Å². The minimum atomic E-state index is -3.44. The van der Waals surface area contributed by atoms with Crippen molar-refractivity contribution in [3.8, 4) is 23.8 Å². The van der Waals surface area contributed by atoms with Crippen LogP contribution in [0.15, 0.2) is 46.3 Å². The second-order valence-corrected chi connectivity index (χ2v) is 10.2. The molecule has 9 heteroatoms. The van der Waals surface area contributed by atoms with Gasteiger partial charge in [0.25, 0.3) is 0 Å². The van der Waals surface area contributed by atoms with E-state index in [1.165, 1.54) is 11.3 Å². The highest BCUT2D eigenvalue weighted by molar-refractivity contribution is 7.91. The van der Waals surface area contributed by atoms with Crippen molar-refractivity contribution in [1.82, 2.24) is 4.57 Å². The first kappa shape index (κ1) is 21.2. The first-order valence-corrected chi connectivity index (χ1v) is 12.1. The van der Waals surface area contributed by atoms with Gasteiger partial charge in [0.1, 0.15) is 0 Å². The van der Waals surface area contributed by atoms with Gasteiger partial charge in [0.05, 0.1) is 27.4 Å². The quantitative estimate of drug-likeness (QED) is 0.532. The smallest absolute Gasteiger partial charge is 0.248 e. The Balaban J connectivity index is 1.52. The van der Waals surface area contributed by atoms with Crippen LogP contribution in [0.3, 0.4) is 0 Å². The number of nitrogens with zero attached hydrogens (tertiary/aromatic N) is 2. The third kappa shape index (κ3) is 4.50. The van der Waals surface area contributed by atoms with Gasteiger partial charge in [-0.3, -0.25) is 4.79 Å². The molecule has 1 amide bonds. The van der Waals surface area contributed by atoms with Gasteiger partial charge in [-0.15, -0.1) is 6.42 Å². The van der Waals surface area contributed by atoms with Crippen LogP contribution in [0.2, 0.25) is 0 Å². The second-order valence-electron chi connectivity index (χ2n) is 7.09. The van der Waals surface area contributed by atoms with E-state index < -0.39 is 15.7 Å². The molecular weight excluding hydrogens is 436 g/mol. The number of benzene rings is 2. The molecule has 0 aliphatic carbocycles. The molecule has 0 saturated carbocycles. The van der Waals surface area contributed by atoms with Gasteiger partial charge >= 0.3 is 0 Å². The summed E-state index contributed by atoms with van der Waals surface area (Å²) in [7, 11) is -3.44. The van der Waals surface area contributed by atoms with Crippen LogP contribution in [-0.2, 0) is 21.2 Å². The number of ether oxygens (including phenoxy) is 2. The van der Waals surface area contributed by atoms with Gasteiger partial charge in [-0.05, 0) is 25.5 Å². The van der Waals surface area contributed by atoms with Crippen LogP contribution in [0.1, 0.15) is 18.4 Å². The van der Waals surface area contributed by atoms with Crippen molar-refractivity contribution in [3.63, 3.8) is 0 Å². The topological polar surface area (TPSA) is 87.0 Å². The number of sulfone groups is 1. The van der Waals surface area contributed by atoms with Crippen LogP contribution in [0, 0.1) is 19.3 Å². The number of thiazole rings is 1. The highest BCUT2D eigenvalue weighted by Gasteiger charge is 2.18.